The van der Waals surface area contributed by atoms with E-state index in [2.05, 4.69) is 15.4 Å². The predicted octanol–water partition coefficient (Wildman–Crippen LogP) is 3.88. The van der Waals surface area contributed by atoms with E-state index in [9.17, 15) is 18.0 Å². The minimum atomic E-state index is -3.55. The van der Waals surface area contributed by atoms with Crippen LogP contribution in [0.2, 0.25) is 0 Å². The lowest BCUT2D eigenvalue weighted by molar-refractivity contribution is 0.102. The van der Waals surface area contributed by atoms with Gasteiger partial charge in [-0.25, -0.2) is 13.1 Å². The molecular weight excluding hydrogens is 414 g/mol. The van der Waals surface area contributed by atoms with Crippen LogP contribution < -0.4 is 15.4 Å². The van der Waals surface area contributed by atoms with Gasteiger partial charge in [-0.1, -0.05) is 25.1 Å². The molecule has 3 rings (SSSR count). The van der Waals surface area contributed by atoms with Crippen LogP contribution in [-0.4, -0.2) is 26.8 Å². The van der Waals surface area contributed by atoms with Crippen LogP contribution in [0.3, 0.4) is 0 Å². The Morgan fingerprint density at radius 3 is 1.71 bits per heavy atom. The molecule has 0 heterocycles. The number of carbonyl (C=O) groups excluding carboxylic acids is 2. The minimum Gasteiger partial charge on any atom is -0.322 e. The van der Waals surface area contributed by atoms with Gasteiger partial charge in [0, 0.05) is 29.0 Å². The Balaban J connectivity index is 1.61. The number of nitrogens with one attached hydrogen (secondary N) is 3. The van der Waals surface area contributed by atoms with Gasteiger partial charge in [-0.15, -0.1) is 0 Å². The van der Waals surface area contributed by atoms with Gasteiger partial charge in [-0.3, -0.25) is 9.59 Å². The van der Waals surface area contributed by atoms with Crippen molar-refractivity contribution in [1.29, 1.82) is 0 Å². The standard InChI is InChI=1S/C23H23N3O4S/c1-2-16-24-31(29,30)21-14-12-20(13-15-21)26-23(28)18-8-10-19(11-9-18)25-22(27)17-6-4-3-5-7-17/h3-15,24H,2,16H2,1H3,(H,25,27)(H,26,28). The van der Waals surface area contributed by atoms with Crippen molar-refractivity contribution in [3.05, 3.63) is 90.0 Å². The minimum absolute atomic E-state index is 0.137. The number of benzene rings is 3. The highest BCUT2D eigenvalue weighted by Crippen LogP contribution is 2.16. The normalized spacial score (nSPS) is 11.0. The average molecular weight is 438 g/mol. The van der Waals surface area contributed by atoms with E-state index < -0.39 is 10.0 Å². The summed E-state index contributed by atoms with van der Waals surface area (Å²) in [5.74, 6) is -0.582. The largest absolute Gasteiger partial charge is 0.322 e. The van der Waals surface area contributed by atoms with Crippen LogP contribution in [0.1, 0.15) is 34.1 Å². The van der Waals surface area contributed by atoms with Crippen LogP contribution in [0.25, 0.3) is 0 Å². The summed E-state index contributed by atoms with van der Waals surface area (Å²) in [6, 6.07) is 21.3. The van der Waals surface area contributed by atoms with E-state index in [1.54, 1.807) is 48.5 Å². The van der Waals surface area contributed by atoms with Crippen LogP contribution >= 0.6 is 0 Å². The smallest absolute Gasteiger partial charge is 0.255 e. The zero-order valence-electron chi connectivity index (χ0n) is 17.0. The maximum absolute atomic E-state index is 12.5. The Bertz CT molecular complexity index is 1140. The van der Waals surface area contributed by atoms with Gasteiger partial charge in [0.1, 0.15) is 0 Å². The summed E-state index contributed by atoms with van der Waals surface area (Å²) in [5, 5.41) is 5.50. The van der Waals surface area contributed by atoms with Crippen LogP contribution in [0.15, 0.2) is 83.8 Å². The van der Waals surface area contributed by atoms with Crippen molar-refractivity contribution in [2.24, 2.45) is 0 Å². The molecule has 0 unspecified atom stereocenters. The van der Waals surface area contributed by atoms with E-state index in [1.165, 1.54) is 24.3 Å². The first-order valence-corrected chi connectivity index (χ1v) is 11.2. The van der Waals surface area contributed by atoms with E-state index >= 15 is 0 Å². The number of hydrogen-bond donors (Lipinski definition) is 3. The van der Waals surface area contributed by atoms with Gasteiger partial charge in [0.2, 0.25) is 10.0 Å². The third-order valence-corrected chi connectivity index (χ3v) is 5.88. The summed E-state index contributed by atoms with van der Waals surface area (Å²) in [6.45, 7) is 2.24. The molecule has 8 heteroatoms. The Labute approximate surface area is 181 Å². The van der Waals surface area contributed by atoms with Crippen molar-refractivity contribution >= 4 is 33.2 Å². The number of anilines is 2. The molecule has 3 N–H and O–H groups in total. The van der Waals surface area contributed by atoms with Gasteiger partial charge < -0.3 is 10.6 Å². The Morgan fingerprint density at radius 2 is 1.19 bits per heavy atom. The van der Waals surface area contributed by atoms with Gasteiger partial charge in [0.15, 0.2) is 0 Å². The molecule has 0 spiro atoms. The zero-order chi connectivity index (χ0) is 22.3. The number of rotatable bonds is 8. The van der Waals surface area contributed by atoms with E-state index in [0.717, 1.165) is 0 Å². The third-order valence-electron chi connectivity index (χ3n) is 4.41. The fourth-order valence-corrected chi connectivity index (χ4v) is 3.87. The molecule has 31 heavy (non-hydrogen) atoms. The van der Waals surface area contributed by atoms with Crippen molar-refractivity contribution in [3.8, 4) is 0 Å². The Hall–Kier alpha value is -3.49. The molecule has 0 atom stereocenters. The first-order valence-electron chi connectivity index (χ1n) is 9.76. The second-order valence-corrected chi connectivity index (χ2v) is 8.54. The average Bonchev–Trinajstić information content (AvgIpc) is 2.79. The maximum Gasteiger partial charge on any atom is 0.255 e. The van der Waals surface area contributed by atoms with Crippen molar-refractivity contribution in [2.45, 2.75) is 18.2 Å². The molecule has 0 fully saturated rings. The SMILES string of the molecule is CCCNS(=O)(=O)c1ccc(NC(=O)c2ccc(NC(=O)c3ccccc3)cc2)cc1. The molecule has 2 amide bonds. The van der Waals surface area contributed by atoms with Gasteiger partial charge in [-0.05, 0) is 67.1 Å². The molecule has 0 saturated heterocycles. The molecule has 0 saturated carbocycles. The van der Waals surface area contributed by atoms with Crippen LogP contribution in [0.4, 0.5) is 11.4 Å². The number of carbonyl (C=O) groups is 2. The summed E-state index contributed by atoms with van der Waals surface area (Å²) in [6.07, 6.45) is 0.697. The summed E-state index contributed by atoms with van der Waals surface area (Å²) < 4.78 is 26.7. The van der Waals surface area contributed by atoms with E-state index in [0.29, 0.717) is 35.5 Å². The first-order chi connectivity index (χ1) is 14.9. The summed E-state index contributed by atoms with van der Waals surface area (Å²) in [7, 11) is -3.55. The number of hydrogen-bond acceptors (Lipinski definition) is 4. The second-order valence-electron chi connectivity index (χ2n) is 6.77. The van der Waals surface area contributed by atoms with Gasteiger partial charge in [0.05, 0.1) is 4.90 Å². The van der Waals surface area contributed by atoms with Gasteiger partial charge >= 0.3 is 0 Å². The molecule has 7 nitrogen and oxygen atoms in total. The summed E-state index contributed by atoms with van der Waals surface area (Å²) in [4.78, 5) is 24.8. The molecule has 0 aliphatic carbocycles. The van der Waals surface area contributed by atoms with Gasteiger partial charge in [-0.2, -0.15) is 0 Å². The Kier molecular flexibility index (Phi) is 7.17. The highest BCUT2D eigenvalue weighted by atomic mass is 32.2. The summed E-state index contributed by atoms with van der Waals surface area (Å²) >= 11 is 0. The fraction of sp³-hybridized carbons (Fsp3) is 0.130. The molecule has 0 bridgehead atoms. The Morgan fingerprint density at radius 1 is 0.710 bits per heavy atom. The van der Waals surface area contributed by atoms with Crippen molar-refractivity contribution in [3.63, 3.8) is 0 Å². The molecule has 3 aromatic rings. The van der Waals surface area contributed by atoms with Crippen molar-refractivity contribution in [2.75, 3.05) is 17.2 Å². The van der Waals surface area contributed by atoms with E-state index in [-0.39, 0.29) is 16.7 Å². The lowest BCUT2D eigenvalue weighted by Gasteiger charge is -2.09. The lowest BCUT2D eigenvalue weighted by atomic mass is 10.1. The first kappa shape index (κ1) is 22.2. The molecule has 160 valence electrons. The van der Waals surface area contributed by atoms with Crippen molar-refractivity contribution < 1.29 is 18.0 Å². The quantitative estimate of drug-likeness (QED) is 0.497. The third kappa shape index (κ3) is 6.00. The van der Waals surface area contributed by atoms with Crippen molar-refractivity contribution in [1.82, 2.24) is 4.72 Å². The fourth-order valence-electron chi connectivity index (χ4n) is 2.74. The summed E-state index contributed by atoms with van der Waals surface area (Å²) in [5.41, 5.74) is 1.99. The molecule has 0 aliphatic heterocycles. The monoisotopic (exact) mass is 437 g/mol. The molecular formula is C23H23N3O4S. The highest BCUT2D eigenvalue weighted by Gasteiger charge is 2.13. The van der Waals surface area contributed by atoms with Gasteiger partial charge in [0.25, 0.3) is 11.8 Å². The molecule has 0 radical (unpaired) electrons. The zero-order valence-corrected chi connectivity index (χ0v) is 17.8. The molecule has 3 aromatic carbocycles. The molecule has 0 aliphatic rings. The lowest BCUT2D eigenvalue weighted by Crippen LogP contribution is -2.24. The second kappa shape index (κ2) is 10.0. The van der Waals surface area contributed by atoms with Crippen LogP contribution in [0.5, 0.6) is 0 Å². The predicted molar refractivity (Wildman–Crippen MR) is 121 cm³/mol. The highest BCUT2D eigenvalue weighted by molar-refractivity contribution is 7.89. The number of sulfonamides is 1. The van der Waals surface area contributed by atoms with E-state index in [4.69, 9.17) is 0 Å². The van der Waals surface area contributed by atoms with Crippen LogP contribution in [0, 0.1) is 0 Å². The number of amides is 2. The topological polar surface area (TPSA) is 104 Å². The van der Waals surface area contributed by atoms with E-state index in [1.807, 2.05) is 13.0 Å². The molecule has 0 aromatic heterocycles. The maximum atomic E-state index is 12.5. The van der Waals surface area contributed by atoms with Crippen LogP contribution in [-0.2, 0) is 10.0 Å².